The molecule has 2 aromatic rings. The van der Waals surface area contributed by atoms with Gasteiger partial charge >= 0.3 is 0 Å². The standard InChI is InChI=1S/C24H24N2O6S/c1-30-20-13-18(7-8-19(20)32-16-22(27)25-9-11-31-12-10-25)14-21-23(28)26(24(29)33-21)15-17-5-3-2-4-6-17/h2-8,13-14H,9-12,15-16H2,1H3/b21-14-. The Morgan fingerprint density at radius 2 is 1.85 bits per heavy atom. The maximum atomic E-state index is 12.8. The van der Waals surface area contributed by atoms with Crippen LogP contribution in [0.4, 0.5) is 4.79 Å². The van der Waals surface area contributed by atoms with E-state index in [1.165, 1.54) is 12.0 Å². The van der Waals surface area contributed by atoms with Gasteiger partial charge < -0.3 is 19.1 Å². The van der Waals surface area contributed by atoms with Crippen LogP contribution in [0.15, 0.2) is 53.4 Å². The second-order valence-corrected chi connectivity index (χ2v) is 8.44. The maximum absolute atomic E-state index is 12.8. The Hall–Kier alpha value is -3.30. The summed E-state index contributed by atoms with van der Waals surface area (Å²) in [4.78, 5) is 40.8. The van der Waals surface area contributed by atoms with Gasteiger partial charge in [-0.2, -0.15) is 0 Å². The Labute approximate surface area is 196 Å². The topological polar surface area (TPSA) is 85.4 Å². The molecule has 4 rings (SSSR count). The Morgan fingerprint density at radius 1 is 1.09 bits per heavy atom. The van der Waals surface area contributed by atoms with Crippen LogP contribution in [0.25, 0.3) is 6.08 Å². The number of carbonyl (C=O) groups is 3. The van der Waals surface area contributed by atoms with Gasteiger partial charge in [-0.15, -0.1) is 0 Å². The van der Waals surface area contributed by atoms with E-state index >= 15 is 0 Å². The van der Waals surface area contributed by atoms with E-state index in [2.05, 4.69) is 0 Å². The van der Waals surface area contributed by atoms with E-state index in [0.29, 0.717) is 48.3 Å². The molecule has 3 amide bonds. The molecule has 0 unspecified atom stereocenters. The minimum Gasteiger partial charge on any atom is -0.493 e. The summed E-state index contributed by atoms with van der Waals surface area (Å²) >= 11 is 0.910. The molecule has 2 aliphatic heterocycles. The summed E-state index contributed by atoms with van der Waals surface area (Å²) in [6.07, 6.45) is 1.65. The fourth-order valence-electron chi connectivity index (χ4n) is 3.49. The molecule has 2 aromatic carbocycles. The number of morpholine rings is 1. The monoisotopic (exact) mass is 468 g/mol. The van der Waals surface area contributed by atoms with E-state index in [-0.39, 0.29) is 30.2 Å². The SMILES string of the molecule is COc1cc(/C=C2\SC(=O)N(Cc3ccccc3)C2=O)ccc1OCC(=O)N1CCOCC1. The highest BCUT2D eigenvalue weighted by molar-refractivity contribution is 8.18. The van der Waals surface area contributed by atoms with Crippen molar-refractivity contribution in [3.8, 4) is 11.5 Å². The Kier molecular flexibility index (Phi) is 7.31. The van der Waals surface area contributed by atoms with Crippen molar-refractivity contribution in [2.75, 3.05) is 40.0 Å². The van der Waals surface area contributed by atoms with Crippen LogP contribution in [0, 0.1) is 0 Å². The van der Waals surface area contributed by atoms with Gasteiger partial charge in [0, 0.05) is 13.1 Å². The van der Waals surface area contributed by atoms with E-state index in [0.717, 1.165) is 17.3 Å². The molecule has 172 valence electrons. The Balaban J connectivity index is 1.43. The molecule has 0 aromatic heterocycles. The zero-order valence-electron chi connectivity index (χ0n) is 18.2. The summed E-state index contributed by atoms with van der Waals surface area (Å²) in [7, 11) is 1.50. The van der Waals surface area contributed by atoms with Gasteiger partial charge in [0.25, 0.3) is 17.1 Å². The maximum Gasteiger partial charge on any atom is 0.293 e. The minimum absolute atomic E-state index is 0.103. The fourth-order valence-corrected chi connectivity index (χ4v) is 4.33. The molecular formula is C24H24N2O6S. The van der Waals surface area contributed by atoms with E-state index < -0.39 is 0 Å². The van der Waals surface area contributed by atoms with Crippen LogP contribution >= 0.6 is 11.8 Å². The summed E-state index contributed by atoms with van der Waals surface area (Å²) in [6, 6.07) is 14.5. The molecule has 9 heteroatoms. The molecule has 0 saturated carbocycles. The highest BCUT2D eigenvalue weighted by atomic mass is 32.2. The zero-order valence-corrected chi connectivity index (χ0v) is 19.0. The van der Waals surface area contributed by atoms with E-state index in [1.54, 1.807) is 29.2 Å². The van der Waals surface area contributed by atoms with Gasteiger partial charge in [0.2, 0.25) is 0 Å². The van der Waals surface area contributed by atoms with Gasteiger partial charge in [0.15, 0.2) is 18.1 Å². The average Bonchev–Trinajstić information content (AvgIpc) is 3.11. The van der Waals surface area contributed by atoms with Crippen LogP contribution < -0.4 is 9.47 Å². The van der Waals surface area contributed by atoms with Crippen molar-refractivity contribution in [2.45, 2.75) is 6.54 Å². The zero-order chi connectivity index (χ0) is 23.2. The molecule has 0 N–H and O–H groups in total. The summed E-state index contributed by atoms with van der Waals surface area (Å²) in [5.41, 5.74) is 1.57. The van der Waals surface area contributed by atoms with Crippen LogP contribution in [0.5, 0.6) is 11.5 Å². The number of benzene rings is 2. The first-order chi connectivity index (χ1) is 16.0. The third kappa shape index (κ3) is 5.55. The second-order valence-electron chi connectivity index (χ2n) is 7.45. The van der Waals surface area contributed by atoms with Gasteiger partial charge in [-0.1, -0.05) is 36.4 Å². The molecule has 2 aliphatic rings. The molecule has 2 fully saturated rings. The Bertz CT molecular complexity index is 1070. The average molecular weight is 469 g/mol. The van der Waals surface area contributed by atoms with Gasteiger partial charge in [0.1, 0.15) is 0 Å². The first-order valence-electron chi connectivity index (χ1n) is 10.5. The van der Waals surface area contributed by atoms with E-state index in [9.17, 15) is 14.4 Å². The third-order valence-electron chi connectivity index (χ3n) is 5.26. The number of hydrogen-bond donors (Lipinski definition) is 0. The lowest BCUT2D eigenvalue weighted by Gasteiger charge is -2.26. The lowest BCUT2D eigenvalue weighted by molar-refractivity contribution is -0.137. The molecule has 0 atom stereocenters. The molecule has 0 spiro atoms. The summed E-state index contributed by atoms with van der Waals surface area (Å²) in [5.74, 6) is 0.413. The molecule has 0 aliphatic carbocycles. The quantitative estimate of drug-likeness (QED) is 0.577. The molecule has 0 bridgehead atoms. The van der Waals surface area contributed by atoms with E-state index in [1.807, 2.05) is 30.3 Å². The summed E-state index contributed by atoms with van der Waals surface area (Å²) in [6.45, 7) is 2.29. The highest BCUT2D eigenvalue weighted by Crippen LogP contribution is 2.35. The van der Waals surface area contributed by atoms with Crippen molar-refractivity contribution in [1.82, 2.24) is 9.80 Å². The van der Waals surface area contributed by atoms with E-state index in [4.69, 9.17) is 14.2 Å². The second kappa shape index (κ2) is 10.5. The predicted octanol–water partition coefficient (Wildman–Crippen LogP) is 3.17. The lowest BCUT2D eigenvalue weighted by Crippen LogP contribution is -2.43. The predicted molar refractivity (Wildman–Crippen MR) is 124 cm³/mol. The normalized spacial score (nSPS) is 17.5. The summed E-state index contributed by atoms with van der Waals surface area (Å²) < 4.78 is 16.3. The van der Waals surface area contributed by atoms with Gasteiger partial charge in [-0.05, 0) is 41.1 Å². The van der Waals surface area contributed by atoms with Crippen LogP contribution in [-0.4, -0.2) is 66.9 Å². The minimum atomic E-state index is -0.329. The number of amides is 3. The molecule has 8 nitrogen and oxygen atoms in total. The molecule has 2 saturated heterocycles. The van der Waals surface area contributed by atoms with Gasteiger partial charge in [-0.25, -0.2) is 0 Å². The lowest BCUT2D eigenvalue weighted by atomic mass is 10.1. The molecular weight excluding hydrogens is 444 g/mol. The van der Waals surface area contributed by atoms with Crippen molar-refractivity contribution in [2.24, 2.45) is 0 Å². The van der Waals surface area contributed by atoms with Crippen LogP contribution in [0.1, 0.15) is 11.1 Å². The van der Waals surface area contributed by atoms with Crippen molar-refractivity contribution >= 4 is 34.9 Å². The third-order valence-corrected chi connectivity index (χ3v) is 6.16. The largest absolute Gasteiger partial charge is 0.493 e. The molecule has 2 heterocycles. The number of rotatable bonds is 7. The number of nitrogens with zero attached hydrogens (tertiary/aromatic N) is 2. The van der Waals surface area contributed by atoms with Gasteiger partial charge in [0.05, 0.1) is 31.8 Å². The van der Waals surface area contributed by atoms with Crippen LogP contribution in [-0.2, 0) is 20.9 Å². The first kappa shape index (κ1) is 22.9. The number of imide groups is 1. The fraction of sp³-hybridized carbons (Fsp3) is 0.292. The van der Waals surface area contributed by atoms with Crippen molar-refractivity contribution < 1.29 is 28.6 Å². The van der Waals surface area contributed by atoms with Crippen molar-refractivity contribution in [3.05, 3.63) is 64.6 Å². The van der Waals surface area contributed by atoms with Crippen LogP contribution in [0.2, 0.25) is 0 Å². The Morgan fingerprint density at radius 3 is 2.58 bits per heavy atom. The number of carbonyl (C=O) groups excluding carboxylic acids is 3. The molecule has 33 heavy (non-hydrogen) atoms. The van der Waals surface area contributed by atoms with Crippen molar-refractivity contribution in [3.63, 3.8) is 0 Å². The van der Waals surface area contributed by atoms with Crippen LogP contribution in [0.3, 0.4) is 0 Å². The highest BCUT2D eigenvalue weighted by Gasteiger charge is 2.35. The van der Waals surface area contributed by atoms with Crippen molar-refractivity contribution in [1.29, 1.82) is 0 Å². The number of thioether (sulfide) groups is 1. The number of hydrogen-bond acceptors (Lipinski definition) is 7. The van der Waals surface area contributed by atoms with Gasteiger partial charge in [-0.3, -0.25) is 19.3 Å². The number of methoxy groups -OCH3 is 1. The first-order valence-corrected chi connectivity index (χ1v) is 11.3. The smallest absolute Gasteiger partial charge is 0.293 e. The number of ether oxygens (including phenoxy) is 3. The molecule has 0 radical (unpaired) electrons. The summed E-state index contributed by atoms with van der Waals surface area (Å²) in [5, 5.41) is -0.302.